The summed E-state index contributed by atoms with van der Waals surface area (Å²) in [6, 6.07) is 8.48. The Morgan fingerprint density at radius 1 is 1.11 bits per heavy atom. The Kier molecular flexibility index (Phi) is 3.76. The van der Waals surface area contributed by atoms with Gasteiger partial charge in [-0.2, -0.15) is 0 Å². The van der Waals surface area contributed by atoms with Crippen LogP contribution in [0, 0.1) is 0 Å². The standard InChI is InChI=1S/C13H14O5/c14-10-7-6-9(18-10)12(16)13(17)11(15)8-4-2-1-3-5-8/h1-7,9,11-13,15-17H/t9-,11-,12-,13-/m1/s1. The second-order valence-electron chi connectivity index (χ2n) is 4.10. The fraction of sp³-hybridized carbons (Fsp3) is 0.308. The van der Waals surface area contributed by atoms with E-state index in [0.29, 0.717) is 5.56 Å². The van der Waals surface area contributed by atoms with Crippen LogP contribution in [0.15, 0.2) is 42.5 Å². The summed E-state index contributed by atoms with van der Waals surface area (Å²) in [7, 11) is 0. The lowest BCUT2D eigenvalue weighted by Crippen LogP contribution is -2.40. The first-order valence-corrected chi connectivity index (χ1v) is 5.57. The van der Waals surface area contributed by atoms with Gasteiger partial charge < -0.3 is 20.1 Å². The van der Waals surface area contributed by atoms with Gasteiger partial charge in [0.05, 0.1) is 0 Å². The summed E-state index contributed by atoms with van der Waals surface area (Å²) in [5.74, 6) is -0.569. The topological polar surface area (TPSA) is 87.0 Å². The Morgan fingerprint density at radius 2 is 1.78 bits per heavy atom. The number of aliphatic hydroxyl groups excluding tert-OH is 3. The van der Waals surface area contributed by atoms with Crippen molar-refractivity contribution in [2.24, 2.45) is 0 Å². The summed E-state index contributed by atoms with van der Waals surface area (Å²) in [5, 5.41) is 29.6. The van der Waals surface area contributed by atoms with Gasteiger partial charge in [0.1, 0.15) is 24.4 Å². The van der Waals surface area contributed by atoms with Crippen molar-refractivity contribution < 1.29 is 24.9 Å². The zero-order valence-corrected chi connectivity index (χ0v) is 9.51. The van der Waals surface area contributed by atoms with Gasteiger partial charge in [0.2, 0.25) is 0 Å². The molecule has 0 fully saturated rings. The Hall–Kier alpha value is -1.69. The van der Waals surface area contributed by atoms with E-state index in [2.05, 4.69) is 0 Å². The van der Waals surface area contributed by atoms with Gasteiger partial charge in [-0.15, -0.1) is 0 Å². The highest BCUT2D eigenvalue weighted by Crippen LogP contribution is 2.22. The number of esters is 1. The molecule has 0 aliphatic carbocycles. The molecule has 2 rings (SSSR count). The minimum Gasteiger partial charge on any atom is -0.452 e. The molecule has 1 aliphatic rings. The summed E-state index contributed by atoms with van der Waals surface area (Å²) in [6.07, 6.45) is -2.45. The first kappa shape index (κ1) is 12.8. The molecule has 3 N–H and O–H groups in total. The first-order valence-electron chi connectivity index (χ1n) is 5.57. The number of ether oxygens (including phenoxy) is 1. The van der Waals surface area contributed by atoms with Crippen LogP contribution in [-0.4, -0.2) is 39.6 Å². The van der Waals surface area contributed by atoms with Gasteiger partial charge in [-0.1, -0.05) is 30.3 Å². The molecule has 18 heavy (non-hydrogen) atoms. The van der Waals surface area contributed by atoms with Crippen molar-refractivity contribution in [3.05, 3.63) is 48.0 Å². The average Bonchev–Trinajstić information content (AvgIpc) is 2.84. The third-order valence-electron chi connectivity index (χ3n) is 2.83. The van der Waals surface area contributed by atoms with E-state index in [9.17, 15) is 20.1 Å². The smallest absolute Gasteiger partial charge is 0.331 e. The number of cyclic esters (lactones) is 1. The lowest BCUT2D eigenvalue weighted by molar-refractivity contribution is -0.150. The van der Waals surface area contributed by atoms with Crippen LogP contribution in [0.25, 0.3) is 0 Å². The summed E-state index contributed by atoms with van der Waals surface area (Å²) >= 11 is 0. The maximum atomic E-state index is 10.9. The first-order chi connectivity index (χ1) is 8.59. The molecule has 0 amide bonds. The summed E-state index contributed by atoms with van der Waals surface area (Å²) in [6.45, 7) is 0. The minimum atomic E-state index is -1.44. The molecule has 0 aromatic heterocycles. The average molecular weight is 250 g/mol. The molecule has 0 unspecified atom stereocenters. The predicted molar refractivity (Wildman–Crippen MR) is 62.4 cm³/mol. The molecule has 0 bridgehead atoms. The number of rotatable bonds is 4. The van der Waals surface area contributed by atoms with Crippen LogP contribution in [-0.2, 0) is 9.53 Å². The zero-order chi connectivity index (χ0) is 13.1. The van der Waals surface area contributed by atoms with Gasteiger partial charge >= 0.3 is 5.97 Å². The number of carbonyl (C=O) groups is 1. The summed E-state index contributed by atoms with van der Waals surface area (Å²) in [4.78, 5) is 10.9. The van der Waals surface area contributed by atoms with Crippen molar-refractivity contribution in [2.75, 3.05) is 0 Å². The van der Waals surface area contributed by atoms with E-state index in [-0.39, 0.29) is 0 Å². The van der Waals surface area contributed by atoms with Crippen LogP contribution >= 0.6 is 0 Å². The molecule has 5 heteroatoms. The van der Waals surface area contributed by atoms with Gasteiger partial charge in [-0.05, 0) is 11.6 Å². The minimum absolute atomic E-state index is 0.484. The van der Waals surface area contributed by atoms with E-state index in [1.165, 1.54) is 12.2 Å². The number of hydrogen-bond donors (Lipinski definition) is 3. The van der Waals surface area contributed by atoms with Gasteiger partial charge in [-0.25, -0.2) is 4.79 Å². The van der Waals surface area contributed by atoms with Crippen molar-refractivity contribution in [3.8, 4) is 0 Å². The van der Waals surface area contributed by atoms with E-state index in [0.717, 1.165) is 0 Å². The fourth-order valence-corrected chi connectivity index (χ4v) is 1.80. The Bertz CT molecular complexity index is 442. The highest BCUT2D eigenvalue weighted by Gasteiger charge is 2.34. The van der Waals surface area contributed by atoms with Crippen LogP contribution in [0.3, 0.4) is 0 Å². The molecule has 1 aliphatic heterocycles. The number of aliphatic hydroxyl groups is 3. The molecule has 0 spiro atoms. The molecular formula is C13H14O5. The molecule has 1 aromatic rings. The molecule has 1 heterocycles. The van der Waals surface area contributed by atoms with Gasteiger partial charge in [-0.3, -0.25) is 0 Å². The van der Waals surface area contributed by atoms with Crippen molar-refractivity contribution in [1.29, 1.82) is 0 Å². The molecule has 0 saturated carbocycles. The second-order valence-corrected chi connectivity index (χ2v) is 4.10. The molecule has 5 nitrogen and oxygen atoms in total. The van der Waals surface area contributed by atoms with E-state index < -0.39 is 30.4 Å². The van der Waals surface area contributed by atoms with Gasteiger partial charge in [0.25, 0.3) is 0 Å². The molecule has 96 valence electrons. The SMILES string of the molecule is O=C1C=C[C@H]([C@@H](O)[C@H](O)[C@H](O)c2ccccc2)O1. The third kappa shape index (κ3) is 2.59. The molecular weight excluding hydrogens is 236 g/mol. The highest BCUT2D eigenvalue weighted by molar-refractivity contribution is 5.84. The quantitative estimate of drug-likeness (QED) is 0.651. The number of hydrogen-bond acceptors (Lipinski definition) is 5. The zero-order valence-electron chi connectivity index (χ0n) is 9.51. The maximum absolute atomic E-state index is 10.9. The van der Waals surface area contributed by atoms with Crippen LogP contribution < -0.4 is 0 Å². The van der Waals surface area contributed by atoms with E-state index in [4.69, 9.17) is 4.74 Å². The highest BCUT2D eigenvalue weighted by atomic mass is 16.6. The molecule has 4 atom stereocenters. The van der Waals surface area contributed by atoms with Crippen molar-refractivity contribution in [3.63, 3.8) is 0 Å². The van der Waals surface area contributed by atoms with Crippen LogP contribution in [0.4, 0.5) is 0 Å². The molecule has 0 radical (unpaired) electrons. The maximum Gasteiger partial charge on any atom is 0.331 e. The lowest BCUT2D eigenvalue weighted by Gasteiger charge is -2.25. The monoisotopic (exact) mass is 250 g/mol. The van der Waals surface area contributed by atoms with Crippen LogP contribution in [0.1, 0.15) is 11.7 Å². The second kappa shape index (κ2) is 5.30. The van der Waals surface area contributed by atoms with Crippen molar-refractivity contribution in [1.82, 2.24) is 0 Å². The lowest BCUT2D eigenvalue weighted by atomic mass is 9.97. The fourth-order valence-electron chi connectivity index (χ4n) is 1.80. The van der Waals surface area contributed by atoms with Crippen LogP contribution in [0.2, 0.25) is 0 Å². The van der Waals surface area contributed by atoms with E-state index in [1.807, 2.05) is 0 Å². The van der Waals surface area contributed by atoms with Gasteiger partial charge in [0, 0.05) is 6.08 Å². The third-order valence-corrected chi connectivity index (χ3v) is 2.83. The number of carbonyl (C=O) groups excluding carboxylic acids is 1. The Labute approximate surface area is 104 Å². The molecule has 0 saturated heterocycles. The van der Waals surface area contributed by atoms with E-state index in [1.54, 1.807) is 30.3 Å². The van der Waals surface area contributed by atoms with E-state index >= 15 is 0 Å². The predicted octanol–water partition coefficient (Wildman–Crippen LogP) is -0.0766. The van der Waals surface area contributed by atoms with Gasteiger partial charge in [0.15, 0.2) is 0 Å². The summed E-state index contributed by atoms with van der Waals surface area (Å²) in [5.41, 5.74) is 0.484. The van der Waals surface area contributed by atoms with Crippen molar-refractivity contribution >= 4 is 5.97 Å². The largest absolute Gasteiger partial charge is 0.452 e. The van der Waals surface area contributed by atoms with Crippen molar-refractivity contribution in [2.45, 2.75) is 24.4 Å². The molecule has 1 aromatic carbocycles. The number of benzene rings is 1. The Balaban J connectivity index is 2.05. The normalized spacial score (nSPS) is 23.5. The summed E-state index contributed by atoms with van der Waals surface area (Å²) < 4.78 is 4.76. The van der Waals surface area contributed by atoms with Crippen LogP contribution in [0.5, 0.6) is 0 Å². The Morgan fingerprint density at radius 3 is 2.33 bits per heavy atom.